The number of hydrogen-bond acceptors (Lipinski definition) is 2. The van der Waals surface area contributed by atoms with Crippen molar-refractivity contribution in [3.05, 3.63) is 40.9 Å². The van der Waals surface area contributed by atoms with Gasteiger partial charge < -0.3 is 9.84 Å². The number of rotatable bonds is 3. The lowest BCUT2D eigenvalue weighted by molar-refractivity contribution is 0.156. The van der Waals surface area contributed by atoms with Gasteiger partial charge in [-0.1, -0.05) is 24.2 Å². The third-order valence-electron chi connectivity index (χ3n) is 2.80. The van der Waals surface area contributed by atoms with Crippen LogP contribution in [0.25, 0.3) is 0 Å². The highest BCUT2D eigenvalue weighted by Crippen LogP contribution is 2.32. The molecule has 0 aromatic heterocycles. The zero-order valence-corrected chi connectivity index (χ0v) is 9.83. The summed E-state index contributed by atoms with van der Waals surface area (Å²) in [6.07, 6.45) is 2.56. The minimum Gasteiger partial charge on any atom is -0.488 e. The normalized spacial score (nSPS) is 19.0. The summed E-state index contributed by atoms with van der Waals surface area (Å²) in [7, 11) is 0. The second-order valence-corrected chi connectivity index (χ2v) is 4.61. The molecule has 1 N–H and O–H groups in total. The fourth-order valence-corrected chi connectivity index (χ4v) is 2.06. The molecule has 2 rings (SSSR count). The van der Waals surface area contributed by atoms with E-state index in [0.29, 0.717) is 11.6 Å². The molecule has 16 heavy (non-hydrogen) atoms. The molecule has 0 amide bonds. The Hall–Kier alpha value is -0.990. The zero-order valence-electron chi connectivity index (χ0n) is 9.08. The maximum absolute atomic E-state index is 9.86. The molecular weight excluding hydrogens is 224 g/mol. The Bertz CT molecular complexity index is 401. The number of aryl methyl sites for hydroxylation is 1. The van der Waals surface area contributed by atoms with Crippen LogP contribution in [0.4, 0.5) is 0 Å². The standard InChI is InChI=1S/C13H15ClO2/c1-9(14)8-16-11-6-5-10-3-2-4-13(15)12(10)7-11/h5-7,13,15H,1-4,8H2/t13-/m0/s1. The molecule has 0 heterocycles. The van der Waals surface area contributed by atoms with Gasteiger partial charge in [0.15, 0.2) is 0 Å². The lowest BCUT2D eigenvalue weighted by Crippen LogP contribution is -2.09. The fraction of sp³-hybridized carbons (Fsp3) is 0.385. The summed E-state index contributed by atoms with van der Waals surface area (Å²) in [5, 5.41) is 10.3. The molecule has 0 unspecified atom stereocenters. The average Bonchev–Trinajstić information content (AvgIpc) is 2.27. The van der Waals surface area contributed by atoms with Gasteiger partial charge in [-0.2, -0.15) is 0 Å². The smallest absolute Gasteiger partial charge is 0.123 e. The Morgan fingerprint density at radius 3 is 3.12 bits per heavy atom. The van der Waals surface area contributed by atoms with Crippen LogP contribution in [0, 0.1) is 0 Å². The van der Waals surface area contributed by atoms with Gasteiger partial charge in [-0.05, 0) is 42.5 Å². The Morgan fingerprint density at radius 1 is 1.56 bits per heavy atom. The molecule has 3 heteroatoms. The molecular formula is C13H15ClO2. The predicted octanol–water partition coefficient (Wildman–Crippen LogP) is 3.19. The highest BCUT2D eigenvalue weighted by atomic mass is 35.5. The van der Waals surface area contributed by atoms with Crippen LogP contribution in [0.2, 0.25) is 0 Å². The molecule has 0 aliphatic heterocycles. The number of ether oxygens (including phenoxy) is 1. The number of benzene rings is 1. The first-order valence-electron chi connectivity index (χ1n) is 5.44. The Morgan fingerprint density at radius 2 is 2.38 bits per heavy atom. The lowest BCUT2D eigenvalue weighted by Gasteiger charge is -2.21. The van der Waals surface area contributed by atoms with Gasteiger partial charge in [0.05, 0.1) is 6.10 Å². The van der Waals surface area contributed by atoms with E-state index >= 15 is 0 Å². The molecule has 1 aliphatic rings. The second-order valence-electron chi connectivity index (χ2n) is 4.07. The largest absolute Gasteiger partial charge is 0.488 e. The van der Waals surface area contributed by atoms with E-state index < -0.39 is 0 Å². The lowest BCUT2D eigenvalue weighted by atomic mass is 9.89. The van der Waals surface area contributed by atoms with E-state index in [4.69, 9.17) is 16.3 Å². The number of halogens is 1. The van der Waals surface area contributed by atoms with Gasteiger partial charge in [0.2, 0.25) is 0 Å². The Labute approximate surface area is 101 Å². The maximum Gasteiger partial charge on any atom is 0.123 e. The molecule has 2 nitrogen and oxygen atoms in total. The number of aliphatic hydroxyl groups is 1. The van der Waals surface area contributed by atoms with Crippen molar-refractivity contribution >= 4 is 11.6 Å². The van der Waals surface area contributed by atoms with Crippen LogP contribution in [0.3, 0.4) is 0 Å². The molecule has 0 saturated heterocycles. The molecule has 1 aliphatic carbocycles. The summed E-state index contributed by atoms with van der Waals surface area (Å²) >= 11 is 5.63. The van der Waals surface area contributed by atoms with Crippen LogP contribution in [-0.4, -0.2) is 11.7 Å². The van der Waals surface area contributed by atoms with Gasteiger partial charge >= 0.3 is 0 Å². The average molecular weight is 239 g/mol. The summed E-state index contributed by atoms with van der Waals surface area (Å²) in [5.74, 6) is 0.738. The van der Waals surface area contributed by atoms with E-state index in [2.05, 4.69) is 6.58 Å². The summed E-state index contributed by atoms with van der Waals surface area (Å²) in [4.78, 5) is 0. The van der Waals surface area contributed by atoms with Crippen molar-refractivity contribution < 1.29 is 9.84 Å². The molecule has 1 aromatic rings. The second kappa shape index (κ2) is 4.89. The minimum absolute atomic E-state index is 0.302. The van der Waals surface area contributed by atoms with Gasteiger partial charge in [0, 0.05) is 5.03 Å². The third-order valence-corrected chi connectivity index (χ3v) is 2.90. The number of hydrogen-bond donors (Lipinski definition) is 1. The highest BCUT2D eigenvalue weighted by molar-refractivity contribution is 6.29. The molecule has 86 valence electrons. The van der Waals surface area contributed by atoms with Crippen molar-refractivity contribution in [1.29, 1.82) is 0 Å². The van der Waals surface area contributed by atoms with Crippen LogP contribution in [0.1, 0.15) is 30.1 Å². The van der Waals surface area contributed by atoms with Crippen molar-refractivity contribution in [3.63, 3.8) is 0 Å². The quantitative estimate of drug-likeness (QED) is 0.877. The fourth-order valence-electron chi connectivity index (χ4n) is 2.00. The van der Waals surface area contributed by atoms with Gasteiger partial charge in [-0.3, -0.25) is 0 Å². The van der Waals surface area contributed by atoms with E-state index in [0.717, 1.165) is 30.6 Å². The molecule has 0 radical (unpaired) electrons. The van der Waals surface area contributed by atoms with Gasteiger partial charge in [0.1, 0.15) is 12.4 Å². The molecule has 1 atom stereocenters. The highest BCUT2D eigenvalue weighted by Gasteiger charge is 2.18. The van der Waals surface area contributed by atoms with Crippen LogP contribution in [-0.2, 0) is 6.42 Å². The Kier molecular flexibility index (Phi) is 3.52. The van der Waals surface area contributed by atoms with Crippen molar-refractivity contribution in [1.82, 2.24) is 0 Å². The Balaban J connectivity index is 2.17. The van der Waals surface area contributed by atoms with Crippen LogP contribution in [0.15, 0.2) is 29.8 Å². The van der Waals surface area contributed by atoms with Gasteiger partial charge in [-0.25, -0.2) is 0 Å². The van der Waals surface area contributed by atoms with Gasteiger partial charge in [-0.15, -0.1) is 0 Å². The first kappa shape index (κ1) is 11.5. The van der Waals surface area contributed by atoms with Crippen molar-refractivity contribution in [2.75, 3.05) is 6.61 Å². The predicted molar refractivity (Wildman–Crippen MR) is 64.8 cm³/mol. The molecule has 0 bridgehead atoms. The zero-order chi connectivity index (χ0) is 11.5. The minimum atomic E-state index is -0.355. The van der Waals surface area contributed by atoms with E-state index in [1.54, 1.807) is 0 Å². The summed E-state index contributed by atoms with van der Waals surface area (Å²) < 4.78 is 5.44. The number of aliphatic hydroxyl groups excluding tert-OH is 1. The van der Waals surface area contributed by atoms with E-state index in [1.807, 2.05) is 18.2 Å². The van der Waals surface area contributed by atoms with Crippen LogP contribution in [0.5, 0.6) is 5.75 Å². The number of fused-ring (bicyclic) bond motifs is 1. The van der Waals surface area contributed by atoms with E-state index in [-0.39, 0.29) is 6.10 Å². The molecule has 0 spiro atoms. The molecule has 0 saturated carbocycles. The van der Waals surface area contributed by atoms with E-state index in [9.17, 15) is 5.11 Å². The third kappa shape index (κ3) is 2.57. The first-order valence-corrected chi connectivity index (χ1v) is 5.81. The molecule has 0 fully saturated rings. The summed E-state index contributed by atoms with van der Waals surface area (Å²) in [6.45, 7) is 3.87. The first-order chi connectivity index (χ1) is 7.66. The SMILES string of the molecule is C=C(Cl)COc1ccc2c(c1)[C@@H](O)CCC2. The summed E-state index contributed by atoms with van der Waals surface area (Å²) in [6, 6.07) is 5.83. The van der Waals surface area contributed by atoms with Crippen LogP contribution >= 0.6 is 11.6 Å². The summed E-state index contributed by atoms with van der Waals surface area (Å²) in [5.41, 5.74) is 2.21. The topological polar surface area (TPSA) is 29.5 Å². The monoisotopic (exact) mass is 238 g/mol. The van der Waals surface area contributed by atoms with Gasteiger partial charge in [0.25, 0.3) is 0 Å². The van der Waals surface area contributed by atoms with E-state index in [1.165, 1.54) is 5.56 Å². The molecule has 1 aromatic carbocycles. The van der Waals surface area contributed by atoms with Crippen molar-refractivity contribution in [2.45, 2.75) is 25.4 Å². The van der Waals surface area contributed by atoms with Crippen molar-refractivity contribution in [3.8, 4) is 5.75 Å². The van der Waals surface area contributed by atoms with Crippen LogP contribution < -0.4 is 4.74 Å². The maximum atomic E-state index is 9.86. The van der Waals surface area contributed by atoms with Crippen molar-refractivity contribution in [2.24, 2.45) is 0 Å².